The van der Waals surface area contributed by atoms with Crippen molar-refractivity contribution in [2.75, 3.05) is 5.73 Å². The molecule has 2 aromatic rings. The van der Waals surface area contributed by atoms with Crippen LogP contribution in [0.4, 0.5) is 5.95 Å². The van der Waals surface area contributed by atoms with Gasteiger partial charge in [0.05, 0.1) is 11.9 Å². The fourth-order valence-corrected chi connectivity index (χ4v) is 1.10. The van der Waals surface area contributed by atoms with Crippen LogP contribution in [0.3, 0.4) is 0 Å². The number of nitrogens with zero attached hydrogens (tertiary/aromatic N) is 1. The van der Waals surface area contributed by atoms with Gasteiger partial charge in [0.15, 0.2) is 5.95 Å². The van der Waals surface area contributed by atoms with Gasteiger partial charge < -0.3 is 10.7 Å². The molecule has 0 saturated carbocycles. The highest BCUT2D eigenvalue weighted by atomic mass is 15.0. The molecule has 0 saturated heterocycles. The molecule has 0 aliphatic heterocycles. The first-order chi connectivity index (χ1) is 7.27. The average Bonchev–Trinajstić information content (AvgIpc) is 2.67. The van der Waals surface area contributed by atoms with Crippen LogP contribution in [-0.2, 0) is 0 Å². The molecule has 0 atom stereocenters. The molecular formula is C12H17N3. The van der Waals surface area contributed by atoms with Crippen LogP contribution in [0.2, 0.25) is 0 Å². The van der Waals surface area contributed by atoms with Gasteiger partial charge in [-0.2, -0.15) is 0 Å². The zero-order valence-electron chi connectivity index (χ0n) is 9.20. The molecule has 15 heavy (non-hydrogen) atoms. The Kier molecular flexibility index (Phi) is 4.41. The second-order valence-corrected chi connectivity index (χ2v) is 3.26. The largest absolute Gasteiger partial charge is 0.369 e. The molecule has 0 bridgehead atoms. The minimum Gasteiger partial charge on any atom is -0.369 e. The monoisotopic (exact) mass is 203 g/mol. The van der Waals surface area contributed by atoms with Gasteiger partial charge in [-0.15, -0.1) is 0 Å². The summed E-state index contributed by atoms with van der Waals surface area (Å²) in [5.74, 6) is 0.453. The van der Waals surface area contributed by atoms with Crippen molar-refractivity contribution in [3.63, 3.8) is 0 Å². The zero-order valence-corrected chi connectivity index (χ0v) is 9.20. The van der Waals surface area contributed by atoms with Gasteiger partial charge >= 0.3 is 0 Å². The SMILES string of the molecule is CCC.Nc1ncc(-c2ccccc2)[nH]1. The van der Waals surface area contributed by atoms with Crippen LogP contribution in [-0.4, -0.2) is 9.97 Å². The van der Waals surface area contributed by atoms with Crippen molar-refractivity contribution in [1.82, 2.24) is 9.97 Å². The number of benzene rings is 1. The number of anilines is 1. The van der Waals surface area contributed by atoms with E-state index in [1.165, 1.54) is 6.42 Å². The van der Waals surface area contributed by atoms with Gasteiger partial charge in [0.2, 0.25) is 0 Å². The molecule has 3 N–H and O–H groups in total. The molecule has 1 aromatic carbocycles. The number of nitrogens with two attached hydrogens (primary N) is 1. The number of hydrogen-bond donors (Lipinski definition) is 2. The van der Waals surface area contributed by atoms with Crippen LogP contribution in [0, 0.1) is 0 Å². The van der Waals surface area contributed by atoms with Crippen molar-refractivity contribution < 1.29 is 0 Å². The number of aromatic nitrogens is 2. The highest BCUT2D eigenvalue weighted by molar-refractivity contribution is 5.59. The third-order valence-electron chi connectivity index (χ3n) is 1.68. The van der Waals surface area contributed by atoms with E-state index in [0.29, 0.717) is 5.95 Å². The highest BCUT2D eigenvalue weighted by Crippen LogP contribution is 2.16. The summed E-state index contributed by atoms with van der Waals surface area (Å²) in [5, 5.41) is 0. The van der Waals surface area contributed by atoms with Gasteiger partial charge in [0, 0.05) is 0 Å². The summed E-state index contributed by atoms with van der Waals surface area (Å²) < 4.78 is 0. The van der Waals surface area contributed by atoms with E-state index in [4.69, 9.17) is 5.73 Å². The molecule has 0 fully saturated rings. The molecule has 3 heteroatoms. The summed E-state index contributed by atoms with van der Waals surface area (Å²) in [5.41, 5.74) is 7.50. The van der Waals surface area contributed by atoms with E-state index in [9.17, 15) is 0 Å². The van der Waals surface area contributed by atoms with E-state index in [0.717, 1.165) is 11.3 Å². The summed E-state index contributed by atoms with van der Waals surface area (Å²) in [6.45, 7) is 4.25. The lowest BCUT2D eigenvalue weighted by Gasteiger charge is -1.93. The van der Waals surface area contributed by atoms with Gasteiger partial charge in [0.1, 0.15) is 0 Å². The quantitative estimate of drug-likeness (QED) is 0.748. The molecule has 0 aliphatic rings. The lowest BCUT2D eigenvalue weighted by atomic mass is 10.2. The molecule has 1 aromatic heterocycles. The topological polar surface area (TPSA) is 54.7 Å². The normalized spacial score (nSPS) is 9.20. The standard InChI is InChI=1S/C9H9N3.C3H8/c10-9-11-6-8(12-9)7-4-2-1-3-5-7;1-3-2/h1-6H,(H3,10,11,12);3H2,1-2H3. The summed E-state index contributed by atoms with van der Waals surface area (Å²) in [6.07, 6.45) is 2.98. The van der Waals surface area contributed by atoms with Crippen LogP contribution < -0.4 is 5.73 Å². The minimum absolute atomic E-state index is 0.453. The van der Waals surface area contributed by atoms with Crippen LogP contribution >= 0.6 is 0 Å². The minimum atomic E-state index is 0.453. The van der Waals surface area contributed by atoms with Crippen molar-refractivity contribution >= 4 is 5.95 Å². The van der Waals surface area contributed by atoms with Gasteiger partial charge in [-0.3, -0.25) is 0 Å². The van der Waals surface area contributed by atoms with E-state index in [-0.39, 0.29) is 0 Å². The first-order valence-electron chi connectivity index (χ1n) is 5.13. The second kappa shape index (κ2) is 5.86. The van der Waals surface area contributed by atoms with Gasteiger partial charge in [-0.1, -0.05) is 50.6 Å². The number of nitrogens with one attached hydrogen (secondary N) is 1. The smallest absolute Gasteiger partial charge is 0.197 e. The highest BCUT2D eigenvalue weighted by Gasteiger charge is 1.97. The predicted molar refractivity (Wildman–Crippen MR) is 64.4 cm³/mol. The Hall–Kier alpha value is -1.77. The molecule has 1 heterocycles. The summed E-state index contributed by atoms with van der Waals surface area (Å²) >= 11 is 0. The number of nitrogen functional groups attached to an aromatic ring is 1. The van der Waals surface area contributed by atoms with Crippen LogP contribution in [0.15, 0.2) is 36.5 Å². The van der Waals surface area contributed by atoms with Crippen molar-refractivity contribution in [2.24, 2.45) is 0 Å². The first kappa shape index (κ1) is 11.3. The molecule has 80 valence electrons. The fraction of sp³-hybridized carbons (Fsp3) is 0.250. The Balaban J connectivity index is 0.000000337. The van der Waals surface area contributed by atoms with Gasteiger partial charge in [0.25, 0.3) is 0 Å². The predicted octanol–water partition coefficient (Wildman–Crippen LogP) is 3.08. The number of aromatic amines is 1. The van der Waals surface area contributed by atoms with E-state index >= 15 is 0 Å². The van der Waals surface area contributed by atoms with Crippen molar-refractivity contribution in [1.29, 1.82) is 0 Å². The van der Waals surface area contributed by atoms with E-state index in [1.54, 1.807) is 6.20 Å². The molecule has 0 radical (unpaired) electrons. The second-order valence-electron chi connectivity index (χ2n) is 3.26. The van der Waals surface area contributed by atoms with Crippen LogP contribution in [0.1, 0.15) is 20.3 Å². The summed E-state index contributed by atoms with van der Waals surface area (Å²) in [7, 11) is 0. The van der Waals surface area contributed by atoms with E-state index in [2.05, 4.69) is 23.8 Å². The maximum atomic E-state index is 5.45. The molecule has 0 unspecified atom stereocenters. The third-order valence-corrected chi connectivity index (χ3v) is 1.68. The number of hydrogen-bond acceptors (Lipinski definition) is 2. The lowest BCUT2D eigenvalue weighted by Crippen LogP contribution is -1.85. The Morgan fingerprint density at radius 3 is 2.27 bits per heavy atom. The fourth-order valence-electron chi connectivity index (χ4n) is 1.10. The van der Waals surface area contributed by atoms with Crippen molar-refractivity contribution in [3.05, 3.63) is 36.5 Å². The van der Waals surface area contributed by atoms with Crippen molar-refractivity contribution in [2.45, 2.75) is 20.3 Å². The van der Waals surface area contributed by atoms with E-state index < -0.39 is 0 Å². The Bertz CT molecular complexity index is 379. The summed E-state index contributed by atoms with van der Waals surface area (Å²) in [4.78, 5) is 6.87. The molecule has 2 rings (SSSR count). The number of H-pyrrole nitrogens is 1. The molecule has 3 nitrogen and oxygen atoms in total. The molecule has 0 aliphatic carbocycles. The van der Waals surface area contributed by atoms with Gasteiger partial charge in [-0.05, 0) is 5.56 Å². The van der Waals surface area contributed by atoms with Crippen LogP contribution in [0.25, 0.3) is 11.3 Å². The molecule has 0 amide bonds. The summed E-state index contributed by atoms with van der Waals surface area (Å²) in [6, 6.07) is 9.95. The Morgan fingerprint density at radius 1 is 1.20 bits per heavy atom. The molecule has 0 spiro atoms. The Morgan fingerprint density at radius 2 is 1.80 bits per heavy atom. The molecular weight excluding hydrogens is 186 g/mol. The maximum Gasteiger partial charge on any atom is 0.197 e. The van der Waals surface area contributed by atoms with Crippen LogP contribution in [0.5, 0.6) is 0 Å². The van der Waals surface area contributed by atoms with Crippen molar-refractivity contribution in [3.8, 4) is 11.3 Å². The zero-order chi connectivity index (χ0) is 11.1. The number of rotatable bonds is 1. The van der Waals surface area contributed by atoms with E-state index in [1.807, 2.05) is 30.3 Å². The average molecular weight is 203 g/mol. The lowest BCUT2D eigenvalue weighted by molar-refractivity contribution is 1.09. The van der Waals surface area contributed by atoms with Gasteiger partial charge in [-0.25, -0.2) is 4.98 Å². The maximum absolute atomic E-state index is 5.45. The number of imidazole rings is 1. The first-order valence-corrected chi connectivity index (χ1v) is 5.13. The Labute approximate surface area is 90.4 Å². The third kappa shape index (κ3) is 3.46.